The zero-order valence-corrected chi connectivity index (χ0v) is 13.8. The van der Waals surface area contributed by atoms with Crippen LogP contribution in [0.1, 0.15) is 33.6 Å². The SMILES string of the molecule is CCOCCN1C(=O)N(C(CC)C(CC)OC)C(F)(F)C1(F)F. The molecule has 2 atom stereocenters. The number of amides is 2. The molecule has 5 nitrogen and oxygen atoms in total. The third-order valence-electron chi connectivity index (χ3n) is 3.99. The minimum absolute atomic E-state index is 0.0311. The Hall–Kier alpha value is -1.09. The molecule has 2 amide bonds. The van der Waals surface area contributed by atoms with Gasteiger partial charge in [0.15, 0.2) is 0 Å². The molecule has 1 fully saturated rings. The van der Waals surface area contributed by atoms with Crippen molar-refractivity contribution >= 4 is 6.03 Å². The van der Waals surface area contributed by atoms with Crippen molar-refractivity contribution in [3.05, 3.63) is 0 Å². The van der Waals surface area contributed by atoms with E-state index < -0.39 is 36.8 Å². The molecule has 136 valence electrons. The number of carbonyl (C=O) groups is 1. The predicted molar refractivity (Wildman–Crippen MR) is 75.5 cm³/mol. The molecule has 0 aliphatic carbocycles. The minimum Gasteiger partial charge on any atom is -0.380 e. The van der Waals surface area contributed by atoms with Crippen LogP contribution in [0.15, 0.2) is 0 Å². The molecule has 1 aliphatic rings. The third kappa shape index (κ3) is 3.40. The van der Waals surface area contributed by atoms with E-state index in [1.54, 1.807) is 20.8 Å². The summed E-state index contributed by atoms with van der Waals surface area (Å²) in [5.74, 6) is 0. The van der Waals surface area contributed by atoms with Gasteiger partial charge >= 0.3 is 18.1 Å². The molecule has 1 rings (SSSR count). The van der Waals surface area contributed by atoms with Crippen molar-refractivity contribution < 1.29 is 31.8 Å². The molecule has 1 aliphatic heterocycles. The van der Waals surface area contributed by atoms with Crippen LogP contribution in [-0.2, 0) is 9.47 Å². The van der Waals surface area contributed by atoms with Crippen LogP contribution in [0.25, 0.3) is 0 Å². The predicted octanol–water partition coefficient (Wildman–Crippen LogP) is 3.15. The van der Waals surface area contributed by atoms with Crippen molar-refractivity contribution in [2.75, 3.05) is 26.9 Å². The standard InChI is InChI=1S/C14H24F4N2O3/c1-5-10(11(6-2)22-4)20-12(21)19(8-9-23-7-3)13(15,16)14(20,17)18/h10-11H,5-9H2,1-4H3. The summed E-state index contributed by atoms with van der Waals surface area (Å²) in [7, 11) is 1.31. The Morgan fingerprint density at radius 1 is 1.09 bits per heavy atom. The van der Waals surface area contributed by atoms with E-state index in [-0.39, 0.29) is 29.4 Å². The van der Waals surface area contributed by atoms with E-state index in [0.29, 0.717) is 6.42 Å². The first-order valence-corrected chi connectivity index (χ1v) is 7.67. The Morgan fingerprint density at radius 3 is 2.13 bits per heavy atom. The van der Waals surface area contributed by atoms with Crippen LogP contribution in [0.2, 0.25) is 0 Å². The molecule has 0 aromatic carbocycles. The largest absolute Gasteiger partial charge is 0.412 e. The van der Waals surface area contributed by atoms with Gasteiger partial charge in [-0.25, -0.2) is 4.79 Å². The Bertz CT molecular complexity index is 405. The molecule has 1 saturated heterocycles. The number of alkyl halides is 4. The Labute approximate surface area is 133 Å². The van der Waals surface area contributed by atoms with Gasteiger partial charge in [-0.2, -0.15) is 17.6 Å². The van der Waals surface area contributed by atoms with Crippen LogP contribution >= 0.6 is 0 Å². The fraction of sp³-hybridized carbons (Fsp3) is 0.929. The van der Waals surface area contributed by atoms with E-state index in [2.05, 4.69) is 0 Å². The Kier molecular flexibility index (Phi) is 6.64. The highest BCUT2D eigenvalue weighted by Gasteiger charge is 2.74. The van der Waals surface area contributed by atoms with E-state index in [4.69, 9.17) is 9.47 Å². The summed E-state index contributed by atoms with van der Waals surface area (Å²) < 4.78 is 66.8. The van der Waals surface area contributed by atoms with Gasteiger partial charge < -0.3 is 9.47 Å². The van der Waals surface area contributed by atoms with Gasteiger partial charge in [0.05, 0.1) is 25.3 Å². The van der Waals surface area contributed by atoms with E-state index in [1.807, 2.05) is 0 Å². The average Bonchev–Trinajstić information content (AvgIpc) is 2.62. The zero-order chi connectivity index (χ0) is 17.8. The Morgan fingerprint density at radius 2 is 1.70 bits per heavy atom. The molecule has 0 bridgehead atoms. The summed E-state index contributed by atoms with van der Waals surface area (Å²) in [6.07, 6.45) is -0.361. The number of hydrogen-bond acceptors (Lipinski definition) is 3. The molecular weight excluding hydrogens is 320 g/mol. The van der Waals surface area contributed by atoms with Crippen molar-refractivity contribution in [2.24, 2.45) is 0 Å². The molecule has 0 aromatic heterocycles. The van der Waals surface area contributed by atoms with Gasteiger partial charge in [-0.1, -0.05) is 13.8 Å². The topological polar surface area (TPSA) is 42.0 Å². The first kappa shape index (κ1) is 20.0. The summed E-state index contributed by atoms with van der Waals surface area (Å²) in [6.45, 7) is 4.28. The maximum atomic E-state index is 14.3. The molecule has 0 spiro atoms. The van der Waals surface area contributed by atoms with E-state index in [9.17, 15) is 22.4 Å². The second-order valence-electron chi connectivity index (χ2n) is 5.24. The highest BCUT2D eigenvalue weighted by Crippen LogP contribution is 2.48. The lowest BCUT2D eigenvalue weighted by molar-refractivity contribution is -0.291. The van der Waals surface area contributed by atoms with Gasteiger partial charge in [0.25, 0.3) is 0 Å². The zero-order valence-electron chi connectivity index (χ0n) is 13.8. The third-order valence-corrected chi connectivity index (χ3v) is 3.99. The van der Waals surface area contributed by atoms with E-state index in [0.717, 1.165) is 0 Å². The first-order chi connectivity index (χ1) is 10.7. The van der Waals surface area contributed by atoms with Crippen molar-refractivity contribution in [3.63, 3.8) is 0 Å². The quantitative estimate of drug-likeness (QED) is 0.367. The number of halogens is 4. The highest BCUT2D eigenvalue weighted by atomic mass is 19.3. The molecule has 2 unspecified atom stereocenters. The second kappa shape index (κ2) is 7.65. The molecule has 0 radical (unpaired) electrons. The molecule has 23 heavy (non-hydrogen) atoms. The van der Waals surface area contributed by atoms with Crippen LogP contribution in [0, 0.1) is 0 Å². The van der Waals surface area contributed by atoms with Crippen LogP contribution in [0.5, 0.6) is 0 Å². The van der Waals surface area contributed by atoms with Gasteiger partial charge in [-0.15, -0.1) is 0 Å². The van der Waals surface area contributed by atoms with E-state index in [1.165, 1.54) is 7.11 Å². The van der Waals surface area contributed by atoms with Crippen molar-refractivity contribution in [3.8, 4) is 0 Å². The van der Waals surface area contributed by atoms with Gasteiger partial charge in [-0.3, -0.25) is 9.80 Å². The lowest BCUT2D eigenvalue weighted by atomic mass is 10.0. The van der Waals surface area contributed by atoms with Crippen molar-refractivity contribution in [1.82, 2.24) is 9.80 Å². The van der Waals surface area contributed by atoms with Gasteiger partial charge in [-0.05, 0) is 19.8 Å². The fourth-order valence-corrected chi connectivity index (χ4v) is 2.77. The monoisotopic (exact) mass is 344 g/mol. The van der Waals surface area contributed by atoms with Gasteiger partial charge in [0, 0.05) is 13.7 Å². The number of ether oxygens (including phenoxy) is 2. The molecule has 0 saturated carbocycles. The average molecular weight is 344 g/mol. The lowest BCUT2D eigenvalue weighted by Crippen LogP contribution is -2.55. The molecule has 0 N–H and O–H groups in total. The first-order valence-electron chi connectivity index (χ1n) is 7.67. The summed E-state index contributed by atoms with van der Waals surface area (Å²) in [5, 5.41) is 0. The van der Waals surface area contributed by atoms with Gasteiger partial charge in [0.2, 0.25) is 0 Å². The number of urea groups is 1. The number of nitrogens with zero attached hydrogens (tertiary/aromatic N) is 2. The van der Waals surface area contributed by atoms with Gasteiger partial charge in [0.1, 0.15) is 0 Å². The summed E-state index contributed by atoms with van der Waals surface area (Å²) >= 11 is 0. The normalized spacial score (nSPS) is 22.5. The molecule has 9 heteroatoms. The highest BCUT2D eigenvalue weighted by molar-refractivity contribution is 5.79. The molecular formula is C14H24F4N2O3. The lowest BCUT2D eigenvalue weighted by Gasteiger charge is -2.35. The summed E-state index contributed by atoms with van der Waals surface area (Å²) in [6, 6.07) is -11.7. The van der Waals surface area contributed by atoms with Crippen LogP contribution in [0.3, 0.4) is 0 Å². The van der Waals surface area contributed by atoms with Crippen molar-refractivity contribution in [2.45, 2.75) is 57.9 Å². The van der Waals surface area contributed by atoms with Crippen LogP contribution < -0.4 is 0 Å². The smallest absolute Gasteiger partial charge is 0.380 e. The molecule has 1 heterocycles. The summed E-state index contributed by atoms with van der Waals surface area (Å²) in [4.78, 5) is 12.1. The van der Waals surface area contributed by atoms with Crippen LogP contribution in [0.4, 0.5) is 22.4 Å². The maximum absolute atomic E-state index is 14.3. The summed E-state index contributed by atoms with van der Waals surface area (Å²) in [5.41, 5.74) is 0. The number of methoxy groups -OCH3 is 1. The van der Waals surface area contributed by atoms with Crippen LogP contribution in [-0.4, -0.2) is 66.9 Å². The number of carbonyl (C=O) groups excluding carboxylic acids is 1. The van der Waals surface area contributed by atoms with E-state index >= 15 is 0 Å². The fourth-order valence-electron chi connectivity index (χ4n) is 2.77. The maximum Gasteiger partial charge on any atom is 0.412 e. The minimum atomic E-state index is -4.61. The van der Waals surface area contributed by atoms with Crippen molar-refractivity contribution in [1.29, 1.82) is 0 Å². The second-order valence-corrected chi connectivity index (χ2v) is 5.24. The number of hydrogen-bond donors (Lipinski definition) is 0. The Balaban J connectivity index is 3.14. The molecule has 0 aromatic rings. The number of rotatable bonds is 9.